The van der Waals surface area contributed by atoms with Crippen molar-refractivity contribution >= 4 is 81.2 Å². The molecule has 3 rings (SSSR count). The van der Waals surface area contributed by atoms with Crippen LogP contribution >= 0.6 is 63.7 Å². The molecule has 11 nitrogen and oxygen atoms in total. The fourth-order valence-corrected chi connectivity index (χ4v) is 8.94. The first-order valence-corrected chi connectivity index (χ1v) is 21.8. The minimum atomic E-state index is -1.62. The van der Waals surface area contributed by atoms with E-state index in [-0.39, 0.29) is 37.7 Å². The number of benzene rings is 1. The summed E-state index contributed by atoms with van der Waals surface area (Å²) in [7, 11) is 1.50. The second kappa shape index (κ2) is 24.1. The van der Waals surface area contributed by atoms with Crippen molar-refractivity contribution in [3.8, 4) is 5.75 Å². The molecular weight excluding hydrogens is 946 g/mol. The van der Waals surface area contributed by atoms with Gasteiger partial charge in [-0.1, -0.05) is 106 Å². The molecular formula is C38H55Br4N3O8. The minimum Gasteiger partial charge on any atom is -0.495 e. The van der Waals surface area contributed by atoms with Crippen molar-refractivity contribution in [2.24, 2.45) is 11.1 Å². The molecule has 2 unspecified atom stereocenters. The van der Waals surface area contributed by atoms with Gasteiger partial charge in [0.1, 0.15) is 17.8 Å². The van der Waals surface area contributed by atoms with Crippen LogP contribution in [0.1, 0.15) is 122 Å². The Morgan fingerprint density at radius 3 is 2.23 bits per heavy atom. The van der Waals surface area contributed by atoms with Crippen LogP contribution in [0.25, 0.3) is 0 Å². The number of rotatable bonds is 24. The summed E-state index contributed by atoms with van der Waals surface area (Å²) in [4.78, 5) is 30.6. The topological polar surface area (TPSA) is 148 Å². The number of hydrogen-bond donors (Lipinski definition) is 4. The summed E-state index contributed by atoms with van der Waals surface area (Å²) in [6.07, 6.45) is 14.9. The van der Waals surface area contributed by atoms with Gasteiger partial charge < -0.3 is 39.9 Å². The van der Waals surface area contributed by atoms with Gasteiger partial charge in [-0.3, -0.25) is 9.59 Å². The van der Waals surface area contributed by atoms with E-state index in [4.69, 9.17) is 19.0 Å². The number of hydrogen-bond acceptors (Lipinski definition) is 9. The van der Waals surface area contributed by atoms with Gasteiger partial charge >= 0.3 is 5.79 Å². The SMILES string of the molecule is CCC(C)CCCCCCCCCCCCC(=O)NCC(O)c1cc(Br)c(OCCCNC(=O)C2=NO[C@]3(CC(Br)=C(OC)C(Br)=CO3)[C@H]2O)c(Br)c1. The quantitative estimate of drug-likeness (QED) is 0.0750. The van der Waals surface area contributed by atoms with Crippen LogP contribution in [0.3, 0.4) is 0 Å². The van der Waals surface area contributed by atoms with E-state index < -0.39 is 23.9 Å². The lowest BCUT2D eigenvalue weighted by molar-refractivity contribution is -0.225. The molecule has 53 heavy (non-hydrogen) atoms. The first-order valence-electron chi connectivity index (χ1n) is 18.7. The largest absolute Gasteiger partial charge is 0.495 e. The Kier molecular flexibility index (Phi) is 20.8. The number of aliphatic hydroxyl groups is 2. The molecule has 4 N–H and O–H groups in total. The van der Waals surface area contributed by atoms with Crippen LogP contribution < -0.4 is 15.4 Å². The third kappa shape index (κ3) is 14.7. The number of carbonyl (C=O) groups excluding carboxylic acids is 2. The van der Waals surface area contributed by atoms with Crippen LogP contribution in [0, 0.1) is 5.92 Å². The fraction of sp³-hybridized carbons (Fsp3) is 0.658. The molecule has 1 aromatic rings. The average Bonchev–Trinajstić information content (AvgIpc) is 3.38. The first kappa shape index (κ1) is 45.7. The predicted molar refractivity (Wildman–Crippen MR) is 221 cm³/mol. The zero-order valence-electron chi connectivity index (χ0n) is 31.0. The van der Waals surface area contributed by atoms with Gasteiger partial charge in [-0.25, -0.2) is 0 Å². The fourth-order valence-electron chi connectivity index (χ4n) is 5.96. The van der Waals surface area contributed by atoms with Gasteiger partial charge in [0.25, 0.3) is 5.91 Å². The molecule has 0 radical (unpaired) electrons. The summed E-state index contributed by atoms with van der Waals surface area (Å²) in [6, 6.07) is 3.51. The van der Waals surface area contributed by atoms with Gasteiger partial charge in [0.15, 0.2) is 11.8 Å². The number of carbonyl (C=O) groups is 2. The van der Waals surface area contributed by atoms with E-state index in [0.29, 0.717) is 47.8 Å². The highest BCUT2D eigenvalue weighted by Gasteiger charge is 2.54. The van der Waals surface area contributed by atoms with Crippen LogP contribution in [0.15, 0.2) is 47.2 Å². The number of ether oxygens (including phenoxy) is 3. The van der Waals surface area contributed by atoms with Crippen LogP contribution in [0.4, 0.5) is 0 Å². The molecule has 0 aromatic heterocycles. The van der Waals surface area contributed by atoms with Crippen molar-refractivity contribution < 1.29 is 38.9 Å². The third-order valence-corrected chi connectivity index (χ3v) is 11.8. The third-order valence-electron chi connectivity index (χ3n) is 9.44. The molecule has 2 amide bonds. The smallest absolute Gasteiger partial charge is 0.311 e. The first-order chi connectivity index (χ1) is 25.4. The molecule has 0 saturated carbocycles. The van der Waals surface area contributed by atoms with Crippen LogP contribution in [0.2, 0.25) is 0 Å². The molecule has 2 aliphatic heterocycles. The molecule has 2 heterocycles. The summed E-state index contributed by atoms with van der Waals surface area (Å²) in [5, 5.41) is 31.1. The van der Waals surface area contributed by atoms with E-state index in [0.717, 1.165) is 25.2 Å². The van der Waals surface area contributed by atoms with Gasteiger partial charge in [0.2, 0.25) is 5.91 Å². The summed E-state index contributed by atoms with van der Waals surface area (Å²) in [5.74, 6) is -0.401. The van der Waals surface area contributed by atoms with Crippen molar-refractivity contribution in [2.75, 3.05) is 26.8 Å². The lowest BCUT2D eigenvalue weighted by Crippen LogP contribution is -2.49. The lowest BCUT2D eigenvalue weighted by atomic mass is 9.99. The molecule has 0 fully saturated rings. The number of oxime groups is 1. The normalized spacial score (nSPS) is 19.5. The number of nitrogens with zero attached hydrogens (tertiary/aromatic N) is 1. The second-order valence-corrected chi connectivity index (χ2v) is 17.2. The molecule has 0 aliphatic carbocycles. The number of amides is 2. The maximum atomic E-state index is 12.8. The molecule has 1 aromatic carbocycles. The van der Waals surface area contributed by atoms with Crippen molar-refractivity contribution in [3.05, 3.63) is 47.6 Å². The van der Waals surface area contributed by atoms with Crippen LogP contribution in [-0.4, -0.2) is 66.4 Å². The molecule has 0 saturated heterocycles. The lowest BCUT2D eigenvalue weighted by Gasteiger charge is -2.27. The van der Waals surface area contributed by atoms with Gasteiger partial charge in [0, 0.05) is 24.0 Å². The minimum absolute atomic E-state index is 0.0461. The predicted octanol–water partition coefficient (Wildman–Crippen LogP) is 9.33. The number of allylic oxidation sites excluding steroid dienone is 1. The van der Waals surface area contributed by atoms with Crippen molar-refractivity contribution in [3.63, 3.8) is 0 Å². The molecule has 0 bridgehead atoms. The summed E-state index contributed by atoms with van der Waals surface area (Å²) < 4.78 is 19.3. The molecule has 4 atom stereocenters. The highest BCUT2D eigenvalue weighted by molar-refractivity contribution is 9.12. The van der Waals surface area contributed by atoms with Gasteiger partial charge in [0.05, 0.1) is 39.7 Å². The van der Waals surface area contributed by atoms with Gasteiger partial charge in [-0.15, -0.1) is 0 Å². The number of unbranched alkanes of at least 4 members (excludes halogenated alkanes) is 9. The zero-order valence-corrected chi connectivity index (χ0v) is 37.3. The van der Waals surface area contributed by atoms with Crippen molar-refractivity contribution in [1.29, 1.82) is 0 Å². The Bertz CT molecular complexity index is 1420. The number of halogens is 4. The molecule has 15 heteroatoms. The summed E-state index contributed by atoms with van der Waals surface area (Å²) in [6.45, 7) is 5.24. The maximum Gasteiger partial charge on any atom is 0.311 e. The Morgan fingerprint density at radius 1 is 0.981 bits per heavy atom. The maximum absolute atomic E-state index is 12.8. The Hall–Kier alpha value is -1.65. The highest BCUT2D eigenvalue weighted by atomic mass is 79.9. The second-order valence-electron chi connectivity index (χ2n) is 13.7. The van der Waals surface area contributed by atoms with Crippen LogP contribution in [-0.2, 0) is 23.9 Å². The van der Waals surface area contributed by atoms with E-state index >= 15 is 0 Å². The van der Waals surface area contributed by atoms with Crippen molar-refractivity contribution in [2.45, 2.75) is 128 Å². The number of aliphatic hydroxyl groups excluding tert-OH is 2. The standard InChI is InChI=1S/C38H55Br4N3O8/c1-4-25(2)16-13-11-9-7-5-6-8-10-12-14-17-32(47)44-23-31(46)26-20-27(39)35(28(40)21-26)51-19-15-18-43-37(49)33-36(48)38(53-45-33)22-29(41)34(50-3)30(42)24-52-38/h20-21,24-25,31,36,46,48H,4-19,22-23H2,1-3H3,(H,43,49)(H,44,47)/t25?,31?,36-,38+/m0/s1. The summed E-state index contributed by atoms with van der Waals surface area (Å²) in [5.41, 5.74) is 0.415. The molecule has 2 aliphatic rings. The summed E-state index contributed by atoms with van der Waals surface area (Å²) >= 11 is 13.8. The average molecular weight is 1000 g/mol. The van der Waals surface area contributed by atoms with E-state index in [1.165, 1.54) is 71.2 Å². The highest BCUT2D eigenvalue weighted by Crippen LogP contribution is 2.41. The Balaban J connectivity index is 1.29. The van der Waals surface area contributed by atoms with Crippen LogP contribution in [0.5, 0.6) is 5.75 Å². The van der Waals surface area contributed by atoms with Gasteiger partial charge in [-0.2, -0.15) is 0 Å². The zero-order chi connectivity index (χ0) is 38.8. The van der Waals surface area contributed by atoms with E-state index in [1.54, 1.807) is 12.1 Å². The number of methoxy groups -OCH3 is 1. The van der Waals surface area contributed by atoms with E-state index in [9.17, 15) is 19.8 Å². The van der Waals surface area contributed by atoms with E-state index in [2.05, 4.69) is 93.4 Å². The van der Waals surface area contributed by atoms with Gasteiger partial charge in [-0.05, 0) is 84.2 Å². The van der Waals surface area contributed by atoms with E-state index in [1.807, 2.05) is 0 Å². The van der Waals surface area contributed by atoms with Crippen molar-refractivity contribution in [1.82, 2.24) is 10.6 Å². The monoisotopic (exact) mass is 997 g/mol. The Morgan fingerprint density at radius 2 is 1.60 bits per heavy atom. The molecule has 298 valence electrons. The molecule has 1 spiro atoms. The Labute approximate surface area is 348 Å². The number of nitrogens with one attached hydrogen (secondary N) is 2.